The van der Waals surface area contributed by atoms with Crippen LogP contribution in [-0.4, -0.2) is 35.1 Å². The van der Waals surface area contributed by atoms with Crippen molar-refractivity contribution in [2.75, 3.05) is 13.1 Å². The number of benzene rings is 1. The number of hydrogen-bond donors (Lipinski definition) is 1. The summed E-state index contributed by atoms with van der Waals surface area (Å²) in [5, 5.41) is 9.26. The summed E-state index contributed by atoms with van der Waals surface area (Å²) >= 11 is 3.43. The van der Waals surface area contributed by atoms with E-state index in [1.807, 2.05) is 19.1 Å². The van der Waals surface area contributed by atoms with Crippen LogP contribution < -0.4 is 0 Å². The smallest absolute Gasteiger partial charge is 0.310 e. The van der Waals surface area contributed by atoms with Crippen LogP contribution in [0.2, 0.25) is 0 Å². The lowest BCUT2D eigenvalue weighted by Crippen LogP contribution is -2.37. The van der Waals surface area contributed by atoms with Crippen LogP contribution in [0.15, 0.2) is 28.7 Å². The van der Waals surface area contributed by atoms with Gasteiger partial charge in [-0.1, -0.05) is 28.1 Å². The number of hydrogen-bond acceptors (Lipinski definition) is 2. The van der Waals surface area contributed by atoms with Crippen LogP contribution in [0.1, 0.15) is 25.8 Å². The molecule has 2 unspecified atom stereocenters. The number of halogens is 1. The van der Waals surface area contributed by atoms with Crippen molar-refractivity contribution in [3.63, 3.8) is 0 Å². The highest BCUT2D eigenvalue weighted by molar-refractivity contribution is 9.10. The number of aliphatic carboxylic acids is 1. The summed E-state index contributed by atoms with van der Waals surface area (Å²) in [7, 11) is 0. The van der Waals surface area contributed by atoms with Gasteiger partial charge in [-0.25, -0.2) is 0 Å². The summed E-state index contributed by atoms with van der Waals surface area (Å²) in [6, 6.07) is 8.71. The second-order valence-corrected chi connectivity index (χ2v) is 6.68. The van der Waals surface area contributed by atoms with Gasteiger partial charge in [0.1, 0.15) is 0 Å². The minimum absolute atomic E-state index is 0.377. The van der Waals surface area contributed by atoms with Gasteiger partial charge in [0.25, 0.3) is 0 Å². The molecule has 2 atom stereocenters. The van der Waals surface area contributed by atoms with Gasteiger partial charge in [0.15, 0.2) is 0 Å². The molecule has 1 aliphatic rings. The van der Waals surface area contributed by atoms with Crippen LogP contribution in [0.25, 0.3) is 0 Å². The first-order valence-electron chi connectivity index (χ1n) is 6.62. The maximum absolute atomic E-state index is 11.3. The molecule has 0 aromatic heterocycles. The van der Waals surface area contributed by atoms with Gasteiger partial charge in [-0.2, -0.15) is 0 Å². The Morgan fingerprint density at radius 3 is 2.63 bits per heavy atom. The van der Waals surface area contributed by atoms with Crippen LogP contribution in [0.3, 0.4) is 0 Å². The number of carbonyl (C=O) groups is 1. The Kier molecular flexibility index (Phi) is 4.31. The Morgan fingerprint density at radius 2 is 2.11 bits per heavy atom. The van der Waals surface area contributed by atoms with Gasteiger partial charge in [0.2, 0.25) is 0 Å². The lowest BCUT2D eigenvalue weighted by atomic mass is 9.90. The van der Waals surface area contributed by atoms with Crippen LogP contribution in [0.4, 0.5) is 0 Å². The van der Waals surface area contributed by atoms with Crippen LogP contribution >= 0.6 is 15.9 Å². The predicted molar refractivity (Wildman–Crippen MR) is 79.2 cm³/mol. The maximum atomic E-state index is 11.3. The monoisotopic (exact) mass is 325 g/mol. The number of rotatable bonds is 4. The molecular weight excluding hydrogens is 306 g/mol. The zero-order valence-electron chi connectivity index (χ0n) is 11.4. The molecule has 0 bridgehead atoms. The Morgan fingerprint density at radius 1 is 1.47 bits per heavy atom. The molecule has 0 spiro atoms. The van der Waals surface area contributed by atoms with E-state index in [2.05, 4.69) is 39.9 Å². The second-order valence-electron chi connectivity index (χ2n) is 5.77. The SMILES string of the molecule is CC(Cc1ccc(Br)cc1)N1CCC(C)(C(=O)O)C1. The molecule has 1 fully saturated rings. The fourth-order valence-electron chi connectivity index (χ4n) is 2.64. The van der Waals surface area contributed by atoms with Crippen molar-refractivity contribution in [3.05, 3.63) is 34.3 Å². The summed E-state index contributed by atoms with van der Waals surface area (Å²) in [5.74, 6) is -0.675. The minimum Gasteiger partial charge on any atom is -0.481 e. The number of likely N-dealkylation sites (tertiary alicyclic amines) is 1. The molecule has 2 rings (SSSR count). The van der Waals surface area contributed by atoms with Gasteiger partial charge in [-0.15, -0.1) is 0 Å². The maximum Gasteiger partial charge on any atom is 0.310 e. The Hall–Kier alpha value is -0.870. The Balaban J connectivity index is 1.96. The molecule has 0 amide bonds. The largest absolute Gasteiger partial charge is 0.481 e. The third-order valence-corrected chi connectivity index (χ3v) is 4.62. The molecular formula is C15H20BrNO2. The van der Waals surface area contributed by atoms with Gasteiger partial charge in [0.05, 0.1) is 5.41 Å². The van der Waals surface area contributed by atoms with E-state index in [0.29, 0.717) is 12.6 Å². The Bertz CT molecular complexity index is 460. The van der Waals surface area contributed by atoms with Gasteiger partial charge in [-0.05, 0) is 50.9 Å². The quantitative estimate of drug-likeness (QED) is 0.924. The molecule has 1 aromatic rings. The van der Waals surface area contributed by atoms with Crippen LogP contribution in [0.5, 0.6) is 0 Å². The third-order valence-electron chi connectivity index (χ3n) is 4.09. The molecule has 0 saturated carbocycles. The van der Waals surface area contributed by atoms with E-state index in [0.717, 1.165) is 23.9 Å². The van der Waals surface area contributed by atoms with E-state index < -0.39 is 11.4 Å². The molecule has 1 saturated heterocycles. The zero-order chi connectivity index (χ0) is 14.0. The van der Waals surface area contributed by atoms with Crippen LogP contribution in [0, 0.1) is 5.41 Å². The summed E-state index contributed by atoms with van der Waals surface area (Å²) in [6.45, 7) is 5.55. The van der Waals surface area contributed by atoms with Crippen LogP contribution in [-0.2, 0) is 11.2 Å². The molecule has 4 heteroatoms. The third kappa shape index (κ3) is 3.37. The standard InChI is InChI=1S/C15H20BrNO2/c1-11(9-12-3-5-13(16)6-4-12)17-8-7-15(2,10-17)14(18)19/h3-6,11H,7-10H2,1-2H3,(H,18,19). The molecule has 104 valence electrons. The predicted octanol–water partition coefficient (Wildman–Crippen LogP) is 3.18. The molecule has 19 heavy (non-hydrogen) atoms. The normalized spacial score (nSPS) is 25.4. The first kappa shape index (κ1) is 14.5. The molecule has 1 aliphatic heterocycles. The van der Waals surface area contributed by atoms with Crippen molar-refractivity contribution >= 4 is 21.9 Å². The van der Waals surface area contributed by atoms with E-state index in [9.17, 15) is 9.90 Å². The lowest BCUT2D eigenvalue weighted by molar-refractivity contribution is -0.147. The van der Waals surface area contributed by atoms with Gasteiger partial charge in [0, 0.05) is 17.1 Å². The molecule has 1 N–H and O–H groups in total. The van der Waals surface area contributed by atoms with Gasteiger partial charge in [-0.3, -0.25) is 9.69 Å². The fourth-order valence-corrected chi connectivity index (χ4v) is 2.90. The highest BCUT2D eigenvalue weighted by atomic mass is 79.9. The van der Waals surface area contributed by atoms with E-state index in [1.165, 1.54) is 5.56 Å². The second kappa shape index (κ2) is 5.63. The summed E-state index contributed by atoms with van der Waals surface area (Å²) in [6.07, 6.45) is 1.70. The first-order chi connectivity index (χ1) is 8.90. The van der Waals surface area contributed by atoms with E-state index >= 15 is 0 Å². The summed E-state index contributed by atoms with van der Waals surface area (Å²) in [5.41, 5.74) is 0.716. The van der Waals surface area contributed by atoms with Crippen molar-refractivity contribution < 1.29 is 9.90 Å². The van der Waals surface area contributed by atoms with Crippen molar-refractivity contribution in [2.45, 2.75) is 32.7 Å². The highest BCUT2D eigenvalue weighted by Crippen LogP contribution is 2.31. The van der Waals surface area contributed by atoms with E-state index in [4.69, 9.17) is 0 Å². The van der Waals surface area contributed by atoms with Gasteiger partial charge < -0.3 is 5.11 Å². The number of carboxylic acids is 1. The molecule has 0 aliphatic carbocycles. The molecule has 3 nitrogen and oxygen atoms in total. The zero-order valence-corrected chi connectivity index (χ0v) is 13.0. The number of nitrogens with zero attached hydrogens (tertiary/aromatic N) is 1. The molecule has 0 radical (unpaired) electrons. The summed E-state index contributed by atoms with van der Waals surface area (Å²) < 4.78 is 1.09. The highest BCUT2D eigenvalue weighted by Gasteiger charge is 2.41. The average Bonchev–Trinajstić information content (AvgIpc) is 2.76. The van der Waals surface area contributed by atoms with E-state index in [-0.39, 0.29) is 0 Å². The average molecular weight is 326 g/mol. The Labute approximate surface area is 122 Å². The van der Waals surface area contributed by atoms with E-state index in [1.54, 1.807) is 0 Å². The summed E-state index contributed by atoms with van der Waals surface area (Å²) in [4.78, 5) is 13.5. The van der Waals surface area contributed by atoms with Crippen molar-refractivity contribution in [3.8, 4) is 0 Å². The van der Waals surface area contributed by atoms with Crippen molar-refractivity contribution in [2.24, 2.45) is 5.41 Å². The molecule has 1 aromatic carbocycles. The number of carboxylic acid groups (broad SMARTS) is 1. The van der Waals surface area contributed by atoms with Gasteiger partial charge >= 0.3 is 5.97 Å². The lowest BCUT2D eigenvalue weighted by Gasteiger charge is -2.26. The first-order valence-corrected chi connectivity index (χ1v) is 7.42. The minimum atomic E-state index is -0.675. The fraction of sp³-hybridized carbons (Fsp3) is 0.533. The van der Waals surface area contributed by atoms with Crippen molar-refractivity contribution in [1.29, 1.82) is 0 Å². The topological polar surface area (TPSA) is 40.5 Å². The molecule has 1 heterocycles. The van der Waals surface area contributed by atoms with Crippen molar-refractivity contribution in [1.82, 2.24) is 4.90 Å².